The molecule has 0 spiro atoms. The van der Waals surface area contributed by atoms with Crippen LogP contribution in [0.5, 0.6) is 0 Å². The number of rotatable bonds is 7. The first kappa shape index (κ1) is 14.4. The van der Waals surface area contributed by atoms with Crippen molar-refractivity contribution in [2.45, 2.75) is 19.5 Å². The summed E-state index contributed by atoms with van der Waals surface area (Å²) in [7, 11) is 0. The number of nitrogens with two attached hydrogens (primary N) is 1. The fraction of sp³-hybridized carbons (Fsp3) is 0.444. The number of aromatic nitrogens is 3. The Balaban J connectivity index is 2.28. The van der Waals surface area contributed by atoms with Crippen molar-refractivity contribution in [2.75, 3.05) is 6.54 Å². The molecule has 0 saturated heterocycles. The van der Waals surface area contributed by atoms with Gasteiger partial charge in [0.2, 0.25) is 5.91 Å². The summed E-state index contributed by atoms with van der Waals surface area (Å²) >= 11 is 0. The van der Waals surface area contributed by atoms with Gasteiger partial charge in [-0.2, -0.15) is 0 Å². The molecule has 1 heterocycles. The second-order valence-corrected chi connectivity index (χ2v) is 3.63. The zero-order valence-corrected chi connectivity index (χ0v) is 10.00. The van der Waals surface area contributed by atoms with Gasteiger partial charge in [-0.3, -0.25) is 9.59 Å². The average molecular weight is 270 g/mol. The summed E-state index contributed by atoms with van der Waals surface area (Å²) in [5.41, 5.74) is 5.33. The summed E-state index contributed by atoms with van der Waals surface area (Å²) in [5.74, 6) is -1.54. The van der Waals surface area contributed by atoms with Crippen LogP contribution in [0.25, 0.3) is 0 Å². The molecule has 0 aliphatic carbocycles. The van der Waals surface area contributed by atoms with Gasteiger partial charge < -0.3 is 21.5 Å². The number of hydrogen-bond donors (Lipinski definition) is 4. The maximum Gasteiger partial charge on any atom is 0.325 e. The monoisotopic (exact) mass is 270 g/mol. The van der Waals surface area contributed by atoms with Crippen molar-refractivity contribution in [3.63, 3.8) is 0 Å². The predicted octanol–water partition coefficient (Wildman–Crippen LogP) is -1.96. The van der Waals surface area contributed by atoms with E-state index < -0.39 is 17.9 Å². The normalized spacial score (nSPS) is 9.89. The summed E-state index contributed by atoms with van der Waals surface area (Å²) < 4.78 is 1.14. The van der Waals surface area contributed by atoms with Gasteiger partial charge >= 0.3 is 12.0 Å². The Labute approximate surface area is 107 Å². The Kier molecular flexibility index (Phi) is 5.26. The van der Waals surface area contributed by atoms with Crippen LogP contribution in [0.4, 0.5) is 4.79 Å². The molecule has 1 aromatic rings. The molecule has 10 heteroatoms. The molecule has 0 aliphatic rings. The van der Waals surface area contributed by atoms with Gasteiger partial charge in [0.1, 0.15) is 12.2 Å². The summed E-state index contributed by atoms with van der Waals surface area (Å²) in [6.07, 6.45) is 1.47. The van der Waals surface area contributed by atoms with Crippen LogP contribution >= 0.6 is 0 Å². The van der Waals surface area contributed by atoms with Crippen LogP contribution in [-0.2, 0) is 22.7 Å². The smallest absolute Gasteiger partial charge is 0.325 e. The minimum atomic E-state index is -1.03. The summed E-state index contributed by atoms with van der Waals surface area (Å²) in [4.78, 5) is 32.1. The minimum Gasteiger partial charge on any atom is -0.480 e. The lowest BCUT2D eigenvalue weighted by atomic mass is 10.4. The van der Waals surface area contributed by atoms with Crippen LogP contribution in [0, 0.1) is 0 Å². The number of nitrogens with one attached hydrogen (secondary N) is 2. The van der Waals surface area contributed by atoms with Crippen molar-refractivity contribution in [2.24, 2.45) is 5.73 Å². The highest BCUT2D eigenvalue weighted by molar-refractivity contribution is 5.76. The van der Waals surface area contributed by atoms with Gasteiger partial charge in [0, 0.05) is 13.0 Å². The van der Waals surface area contributed by atoms with Crippen LogP contribution < -0.4 is 16.4 Å². The van der Waals surface area contributed by atoms with Crippen molar-refractivity contribution >= 4 is 17.9 Å². The molecule has 5 N–H and O–H groups in total. The number of urea groups is 1. The van der Waals surface area contributed by atoms with E-state index >= 15 is 0 Å². The summed E-state index contributed by atoms with van der Waals surface area (Å²) in [6.45, 7) is -0.0489. The van der Waals surface area contributed by atoms with Gasteiger partial charge in [-0.15, -0.1) is 5.10 Å². The topological polar surface area (TPSA) is 152 Å². The van der Waals surface area contributed by atoms with Crippen LogP contribution in [0.15, 0.2) is 6.20 Å². The maximum atomic E-state index is 11.3. The van der Waals surface area contributed by atoms with Gasteiger partial charge in [-0.25, -0.2) is 9.48 Å². The third-order valence-electron chi connectivity index (χ3n) is 1.97. The quantitative estimate of drug-likeness (QED) is 0.451. The number of hydrogen-bond acceptors (Lipinski definition) is 5. The molecule has 0 radical (unpaired) electrons. The summed E-state index contributed by atoms with van der Waals surface area (Å²) in [5, 5.41) is 20.7. The second kappa shape index (κ2) is 6.93. The van der Waals surface area contributed by atoms with Gasteiger partial charge in [0.25, 0.3) is 0 Å². The third kappa shape index (κ3) is 6.00. The SMILES string of the molecule is NC(=O)CCNC(=O)NCc1cn(CC(=O)O)nn1. The molecule has 1 aromatic heterocycles. The van der Waals surface area contributed by atoms with Crippen molar-refractivity contribution < 1.29 is 19.5 Å². The van der Waals surface area contributed by atoms with Crippen molar-refractivity contribution in [3.05, 3.63) is 11.9 Å². The highest BCUT2D eigenvalue weighted by Gasteiger charge is 2.06. The minimum absolute atomic E-state index is 0.0578. The van der Waals surface area contributed by atoms with E-state index in [0.29, 0.717) is 5.69 Å². The standard InChI is InChI=1S/C9H14N6O4/c10-7(16)1-2-11-9(19)12-3-6-4-15(14-13-6)5-8(17)18/h4H,1-3,5H2,(H2,10,16)(H,17,18)(H2,11,12,19). The Morgan fingerprint density at radius 1 is 1.37 bits per heavy atom. The Bertz CT molecular complexity index is 471. The number of amides is 3. The average Bonchev–Trinajstić information content (AvgIpc) is 2.72. The molecular formula is C9H14N6O4. The molecule has 0 unspecified atom stereocenters. The first-order valence-corrected chi connectivity index (χ1v) is 5.38. The molecular weight excluding hydrogens is 256 g/mol. The third-order valence-corrected chi connectivity index (χ3v) is 1.97. The van der Waals surface area contributed by atoms with E-state index in [9.17, 15) is 14.4 Å². The van der Waals surface area contributed by atoms with E-state index in [2.05, 4.69) is 20.9 Å². The van der Waals surface area contributed by atoms with Crippen LogP contribution in [-0.4, -0.2) is 44.6 Å². The number of carboxylic acid groups (broad SMARTS) is 1. The van der Waals surface area contributed by atoms with Gasteiger partial charge in [-0.05, 0) is 0 Å². The number of carbonyl (C=O) groups is 3. The highest BCUT2D eigenvalue weighted by atomic mass is 16.4. The number of nitrogens with zero attached hydrogens (tertiary/aromatic N) is 3. The fourth-order valence-electron chi connectivity index (χ4n) is 1.17. The lowest BCUT2D eigenvalue weighted by molar-refractivity contribution is -0.137. The van der Waals surface area contributed by atoms with Crippen LogP contribution in [0.2, 0.25) is 0 Å². The molecule has 0 atom stereocenters. The van der Waals surface area contributed by atoms with Crippen LogP contribution in [0.1, 0.15) is 12.1 Å². The molecule has 0 fully saturated rings. The highest BCUT2D eigenvalue weighted by Crippen LogP contribution is 1.92. The largest absolute Gasteiger partial charge is 0.480 e. The lowest BCUT2D eigenvalue weighted by Gasteiger charge is -2.04. The fourth-order valence-corrected chi connectivity index (χ4v) is 1.17. The number of carboxylic acids is 1. The Hall–Kier alpha value is -2.65. The van der Waals surface area contributed by atoms with Gasteiger partial charge in [-0.1, -0.05) is 5.21 Å². The van der Waals surface area contributed by atoms with E-state index in [1.807, 2.05) is 0 Å². The van der Waals surface area contributed by atoms with Crippen LogP contribution in [0.3, 0.4) is 0 Å². The lowest BCUT2D eigenvalue weighted by Crippen LogP contribution is -2.36. The van der Waals surface area contributed by atoms with Crippen molar-refractivity contribution in [1.29, 1.82) is 0 Å². The molecule has 104 valence electrons. The van der Waals surface area contributed by atoms with E-state index in [-0.39, 0.29) is 26.1 Å². The molecule has 0 bridgehead atoms. The van der Waals surface area contributed by atoms with E-state index in [0.717, 1.165) is 4.68 Å². The molecule has 19 heavy (non-hydrogen) atoms. The van der Waals surface area contributed by atoms with E-state index in [1.54, 1.807) is 0 Å². The van der Waals surface area contributed by atoms with Crippen molar-refractivity contribution in [3.8, 4) is 0 Å². The molecule has 3 amide bonds. The molecule has 0 saturated carbocycles. The van der Waals surface area contributed by atoms with E-state index in [1.165, 1.54) is 6.20 Å². The second-order valence-electron chi connectivity index (χ2n) is 3.63. The van der Waals surface area contributed by atoms with Gasteiger partial charge in [0.05, 0.1) is 12.7 Å². The zero-order chi connectivity index (χ0) is 14.3. The first-order valence-electron chi connectivity index (χ1n) is 5.38. The van der Waals surface area contributed by atoms with Crippen molar-refractivity contribution in [1.82, 2.24) is 25.6 Å². The maximum absolute atomic E-state index is 11.3. The first-order chi connectivity index (χ1) is 8.97. The molecule has 0 aliphatic heterocycles. The Morgan fingerprint density at radius 2 is 2.11 bits per heavy atom. The Morgan fingerprint density at radius 3 is 2.74 bits per heavy atom. The zero-order valence-electron chi connectivity index (χ0n) is 10.00. The molecule has 10 nitrogen and oxygen atoms in total. The molecule has 1 rings (SSSR count). The molecule has 0 aromatic carbocycles. The number of primary amides is 1. The number of carbonyl (C=O) groups excluding carboxylic acids is 2. The number of aliphatic carboxylic acids is 1. The van der Waals surface area contributed by atoms with Gasteiger partial charge in [0.15, 0.2) is 0 Å². The summed E-state index contributed by atoms with van der Waals surface area (Å²) in [6, 6.07) is -0.478. The predicted molar refractivity (Wildman–Crippen MR) is 61.7 cm³/mol. The van der Waals surface area contributed by atoms with E-state index in [4.69, 9.17) is 10.8 Å².